The monoisotopic (exact) mass is 246 g/mol. The standard InChI is InChI=1S/C8H11BrN2S/c9-6-8(2-1-3-8)4-7-5-10-12-11-7/h5H,1-4,6H2. The molecule has 66 valence electrons. The normalized spacial score (nSPS) is 20.4. The average molecular weight is 247 g/mol. The molecule has 0 aromatic carbocycles. The minimum Gasteiger partial charge on any atom is -0.181 e. The second kappa shape index (κ2) is 3.42. The first kappa shape index (κ1) is 8.63. The number of hydrogen-bond donors (Lipinski definition) is 0. The van der Waals surface area contributed by atoms with Crippen LogP contribution in [0.4, 0.5) is 0 Å². The summed E-state index contributed by atoms with van der Waals surface area (Å²) in [6.45, 7) is 0. The number of aromatic nitrogens is 2. The van der Waals surface area contributed by atoms with E-state index in [2.05, 4.69) is 24.7 Å². The highest BCUT2D eigenvalue weighted by molar-refractivity contribution is 9.09. The van der Waals surface area contributed by atoms with E-state index in [4.69, 9.17) is 0 Å². The van der Waals surface area contributed by atoms with Crippen LogP contribution in [0.5, 0.6) is 0 Å². The van der Waals surface area contributed by atoms with Gasteiger partial charge in [-0.15, -0.1) is 0 Å². The molecule has 0 saturated heterocycles. The Labute approximate surface area is 84.8 Å². The Hall–Kier alpha value is 0.0400. The van der Waals surface area contributed by atoms with Crippen molar-refractivity contribution in [2.75, 3.05) is 5.33 Å². The molecule has 4 heteroatoms. The molecule has 0 radical (unpaired) electrons. The van der Waals surface area contributed by atoms with Gasteiger partial charge in [-0.2, -0.15) is 8.75 Å². The summed E-state index contributed by atoms with van der Waals surface area (Å²) >= 11 is 4.89. The summed E-state index contributed by atoms with van der Waals surface area (Å²) < 4.78 is 8.26. The molecule has 0 bridgehead atoms. The van der Waals surface area contributed by atoms with Crippen LogP contribution in [0.2, 0.25) is 0 Å². The van der Waals surface area contributed by atoms with Crippen molar-refractivity contribution in [3.05, 3.63) is 11.9 Å². The highest BCUT2D eigenvalue weighted by Crippen LogP contribution is 2.44. The van der Waals surface area contributed by atoms with Gasteiger partial charge in [0.05, 0.1) is 23.6 Å². The van der Waals surface area contributed by atoms with E-state index in [9.17, 15) is 0 Å². The number of alkyl halides is 1. The molecule has 1 aliphatic rings. The van der Waals surface area contributed by atoms with Gasteiger partial charge in [0.1, 0.15) is 0 Å². The van der Waals surface area contributed by atoms with Crippen molar-refractivity contribution in [3.8, 4) is 0 Å². The Morgan fingerprint density at radius 3 is 2.83 bits per heavy atom. The summed E-state index contributed by atoms with van der Waals surface area (Å²) in [5.41, 5.74) is 1.68. The highest BCUT2D eigenvalue weighted by atomic mass is 79.9. The molecule has 0 amide bonds. The first-order valence-corrected chi connectivity index (χ1v) is 6.02. The van der Waals surface area contributed by atoms with Crippen LogP contribution in [-0.2, 0) is 6.42 Å². The largest absolute Gasteiger partial charge is 0.181 e. The zero-order valence-corrected chi connectivity index (χ0v) is 9.20. The van der Waals surface area contributed by atoms with Gasteiger partial charge in [0, 0.05) is 5.33 Å². The van der Waals surface area contributed by atoms with E-state index in [0.717, 1.165) is 11.8 Å². The van der Waals surface area contributed by atoms with Crippen LogP contribution >= 0.6 is 27.7 Å². The van der Waals surface area contributed by atoms with Gasteiger partial charge >= 0.3 is 0 Å². The third kappa shape index (κ3) is 1.55. The molecule has 1 aromatic heterocycles. The molecule has 0 unspecified atom stereocenters. The Kier molecular flexibility index (Phi) is 2.46. The third-order valence-electron chi connectivity index (χ3n) is 2.66. The van der Waals surface area contributed by atoms with E-state index >= 15 is 0 Å². The fourth-order valence-corrected chi connectivity index (χ4v) is 2.87. The van der Waals surface area contributed by atoms with Crippen LogP contribution < -0.4 is 0 Å². The van der Waals surface area contributed by atoms with Crippen LogP contribution in [0.15, 0.2) is 6.20 Å². The molecule has 2 nitrogen and oxygen atoms in total. The van der Waals surface area contributed by atoms with E-state index in [1.54, 1.807) is 0 Å². The van der Waals surface area contributed by atoms with Crippen molar-refractivity contribution in [1.29, 1.82) is 0 Å². The molecule has 1 aromatic rings. The summed E-state index contributed by atoms with van der Waals surface area (Å²) in [6, 6.07) is 0. The summed E-state index contributed by atoms with van der Waals surface area (Å²) in [6.07, 6.45) is 7.07. The van der Waals surface area contributed by atoms with Gasteiger partial charge in [-0.05, 0) is 24.7 Å². The topological polar surface area (TPSA) is 25.8 Å². The molecular weight excluding hydrogens is 236 g/mol. The SMILES string of the molecule is BrCC1(Cc2cnsn2)CCC1. The van der Waals surface area contributed by atoms with Crippen molar-refractivity contribution in [1.82, 2.24) is 8.75 Å². The molecule has 1 heterocycles. The molecule has 0 N–H and O–H groups in total. The van der Waals surface area contributed by atoms with Crippen LogP contribution in [0, 0.1) is 5.41 Å². The average Bonchev–Trinajstić information content (AvgIpc) is 2.49. The molecule has 0 atom stereocenters. The third-order valence-corrected chi connectivity index (χ3v) is 4.37. The first-order chi connectivity index (χ1) is 5.85. The van der Waals surface area contributed by atoms with Crippen molar-refractivity contribution in [2.45, 2.75) is 25.7 Å². The second-order valence-electron chi connectivity index (χ2n) is 3.56. The Morgan fingerprint density at radius 1 is 1.58 bits per heavy atom. The zero-order chi connectivity index (χ0) is 8.44. The van der Waals surface area contributed by atoms with Gasteiger partial charge in [0.15, 0.2) is 0 Å². The Morgan fingerprint density at radius 2 is 2.42 bits per heavy atom. The lowest BCUT2D eigenvalue weighted by Gasteiger charge is -2.40. The van der Waals surface area contributed by atoms with Gasteiger partial charge in [-0.25, -0.2) is 0 Å². The Bertz CT molecular complexity index is 238. The predicted octanol–water partition coefficient (Wildman–Crippen LogP) is 2.65. The predicted molar refractivity (Wildman–Crippen MR) is 53.7 cm³/mol. The van der Waals surface area contributed by atoms with Crippen molar-refractivity contribution < 1.29 is 0 Å². The number of halogens is 1. The lowest BCUT2D eigenvalue weighted by molar-refractivity contribution is 0.168. The molecule has 1 fully saturated rings. The van der Waals surface area contributed by atoms with Crippen LogP contribution in [0.3, 0.4) is 0 Å². The molecule has 1 aliphatic carbocycles. The van der Waals surface area contributed by atoms with Crippen molar-refractivity contribution in [2.24, 2.45) is 5.41 Å². The summed E-state index contributed by atoms with van der Waals surface area (Å²) in [5, 5.41) is 1.11. The summed E-state index contributed by atoms with van der Waals surface area (Å²) in [7, 11) is 0. The maximum absolute atomic E-state index is 4.24. The maximum Gasteiger partial charge on any atom is 0.0748 e. The number of hydrogen-bond acceptors (Lipinski definition) is 3. The maximum atomic E-state index is 4.24. The van der Waals surface area contributed by atoms with E-state index in [-0.39, 0.29) is 0 Å². The highest BCUT2D eigenvalue weighted by Gasteiger charge is 2.36. The summed E-state index contributed by atoms with van der Waals surface area (Å²) in [5.74, 6) is 0. The Balaban J connectivity index is 2.01. The molecule has 12 heavy (non-hydrogen) atoms. The van der Waals surface area contributed by atoms with Crippen LogP contribution in [0.1, 0.15) is 25.0 Å². The van der Waals surface area contributed by atoms with Crippen molar-refractivity contribution >= 4 is 27.7 Å². The second-order valence-corrected chi connectivity index (χ2v) is 4.68. The number of nitrogens with zero attached hydrogens (tertiary/aromatic N) is 2. The molecule has 1 saturated carbocycles. The van der Waals surface area contributed by atoms with Gasteiger partial charge in [0.25, 0.3) is 0 Å². The van der Waals surface area contributed by atoms with Gasteiger partial charge < -0.3 is 0 Å². The summed E-state index contributed by atoms with van der Waals surface area (Å²) in [4.78, 5) is 0. The molecule has 0 spiro atoms. The minimum atomic E-state index is 0.510. The van der Waals surface area contributed by atoms with E-state index in [1.165, 1.54) is 36.7 Å². The lowest BCUT2D eigenvalue weighted by Crippen LogP contribution is -2.33. The van der Waals surface area contributed by atoms with Gasteiger partial charge in [0.2, 0.25) is 0 Å². The fraction of sp³-hybridized carbons (Fsp3) is 0.750. The van der Waals surface area contributed by atoms with Gasteiger partial charge in [-0.3, -0.25) is 0 Å². The zero-order valence-electron chi connectivity index (χ0n) is 6.79. The fourth-order valence-electron chi connectivity index (χ4n) is 1.68. The molecule has 0 aliphatic heterocycles. The van der Waals surface area contributed by atoms with E-state index < -0.39 is 0 Å². The molecule has 2 rings (SSSR count). The van der Waals surface area contributed by atoms with Crippen LogP contribution in [0.25, 0.3) is 0 Å². The minimum absolute atomic E-state index is 0.510. The quantitative estimate of drug-likeness (QED) is 0.767. The van der Waals surface area contributed by atoms with E-state index in [0.29, 0.717) is 5.41 Å². The van der Waals surface area contributed by atoms with E-state index in [1.807, 2.05) is 6.20 Å². The molecular formula is C8H11BrN2S. The van der Waals surface area contributed by atoms with Crippen LogP contribution in [-0.4, -0.2) is 14.1 Å². The van der Waals surface area contributed by atoms with Crippen molar-refractivity contribution in [3.63, 3.8) is 0 Å². The smallest absolute Gasteiger partial charge is 0.0748 e. The number of rotatable bonds is 3. The van der Waals surface area contributed by atoms with Gasteiger partial charge in [-0.1, -0.05) is 22.4 Å². The first-order valence-electron chi connectivity index (χ1n) is 4.17. The lowest BCUT2D eigenvalue weighted by atomic mass is 9.68.